The van der Waals surface area contributed by atoms with E-state index in [-0.39, 0.29) is 0 Å². The minimum Gasteiger partial charge on any atom is -0.399 e. The van der Waals surface area contributed by atoms with Crippen LogP contribution in [0.1, 0.15) is 0 Å². The number of hydrogen-bond acceptors (Lipinski definition) is 5. The fourth-order valence-corrected chi connectivity index (χ4v) is 1.96. The highest BCUT2D eigenvalue weighted by molar-refractivity contribution is 6.33. The van der Waals surface area contributed by atoms with Crippen molar-refractivity contribution in [2.75, 3.05) is 5.73 Å². The number of nitrogen functional groups attached to an aromatic ring is 1. The lowest BCUT2D eigenvalue weighted by molar-refractivity contribution is 0.762. The number of halogens is 1. The molecule has 0 atom stereocenters. The Bertz CT molecular complexity index is 730. The van der Waals surface area contributed by atoms with Gasteiger partial charge in [0.15, 0.2) is 5.82 Å². The van der Waals surface area contributed by atoms with E-state index in [1.54, 1.807) is 40.0 Å². The van der Waals surface area contributed by atoms with E-state index in [2.05, 4.69) is 20.6 Å². The molecule has 0 aliphatic carbocycles. The average molecular weight is 276 g/mol. The Labute approximate surface area is 113 Å². The van der Waals surface area contributed by atoms with Gasteiger partial charge in [0.25, 0.3) is 0 Å². The largest absolute Gasteiger partial charge is 0.399 e. The molecule has 0 saturated heterocycles. The Balaban J connectivity index is 2.17. The minimum atomic E-state index is 0.519. The zero-order valence-corrected chi connectivity index (χ0v) is 10.8. The van der Waals surface area contributed by atoms with Crippen LogP contribution in [0.25, 0.3) is 17.1 Å². The molecule has 96 valence electrons. The molecule has 0 unspecified atom stereocenters. The van der Waals surface area contributed by atoms with Crippen LogP contribution < -0.4 is 5.73 Å². The lowest BCUT2D eigenvalue weighted by Crippen LogP contribution is -1.99. The second-order valence-electron chi connectivity index (χ2n) is 4.03. The molecule has 0 aliphatic rings. The summed E-state index contributed by atoms with van der Waals surface area (Å²) >= 11 is 6.17. The van der Waals surface area contributed by atoms with Crippen LogP contribution in [0.5, 0.6) is 0 Å². The van der Waals surface area contributed by atoms with Crippen molar-refractivity contribution < 1.29 is 0 Å². The molecule has 19 heavy (non-hydrogen) atoms. The molecule has 0 amide bonds. The van der Waals surface area contributed by atoms with Crippen LogP contribution in [0.3, 0.4) is 0 Å². The zero-order chi connectivity index (χ0) is 13.4. The van der Waals surface area contributed by atoms with Gasteiger partial charge < -0.3 is 5.73 Å². The van der Waals surface area contributed by atoms with Gasteiger partial charge in [-0.3, -0.25) is 4.68 Å². The first-order valence-corrected chi connectivity index (χ1v) is 5.86. The van der Waals surface area contributed by atoms with Crippen molar-refractivity contribution in [1.82, 2.24) is 30.0 Å². The third kappa shape index (κ3) is 2.04. The third-order valence-corrected chi connectivity index (χ3v) is 2.97. The molecular formula is C11H10ClN7. The van der Waals surface area contributed by atoms with Gasteiger partial charge in [0.05, 0.1) is 17.4 Å². The lowest BCUT2D eigenvalue weighted by Gasteiger charge is -2.05. The summed E-state index contributed by atoms with van der Waals surface area (Å²) in [7, 11) is 1.82. The second-order valence-corrected chi connectivity index (χ2v) is 4.43. The van der Waals surface area contributed by atoms with Crippen LogP contribution in [0, 0.1) is 0 Å². The van der Waals surface area contributed by atoms with E-state index in [1.165, 1.54) is 0 Å². The van der Waals surface area contributed by atoms with Crippen molar-refractivity contribution in [3.63, 3.8) is 0 Å². The van der Waals surface area contributed by atoms with Crippen molar-refractivity contribution in [2.24, 2.45) is 7.05 Å². The maximum absolute atomic E-state index is 6.17. The normalized spacial score (nSPS) is 10.8. The molecule has 0 fully saturated rings. The molecule has 2 aromatic heterocycles. The van der Waals surface area contributed by atoms with Crippen molar-refractivity contribution in [1.29, 1.82) is 0 Å². The predicted octanol–water partition coefficient (Wildman–Crippen LogP) is 1.30. The van der Waals surface area contributed by atoms with Gasteiger partial charge in [0, 0.05) is 18.3 Å². The van der Waals surface area contributed by atoms with E-state index in [9.17, 15) is 0 Å². The van der Waals surface area contributed by atoms with Crippen LogP contribution in [0.15, 0.2) is 30.6 Å². The molecule has 0 saturated carbocycles. The minimum absolute atomic E-state index is 0.519. The molecule has 1 aromatic carbocycles. The highest BCUT2D eigenvalue weighted by Crippen LogP contribution is 2.28. The quantitative estimate of drug-likeness (QED) is 0.712. The number of nitrogens with two attached hydrogens (primary N) is 1. The fourth-order valence-electron chi connectivity index (χ4n) is 1.76. The summed E-state index contributed by atoms with van der Waals surface area (Å²) in [6.45, 7) is 0. The first kappa shape index (κ1) is 11.7. The Hall–Kier alpha value is -2.41. The molecular weight excluding hydrogens is 266 g/mol. The number of tetrazole rings is 1. The van der Waals surface area contributed by atoms with Crippen molar-refractivity contribution in [2.45, 2.75) is 0 Å². The SMILES string of the molecule is Cn1cc(-n2nnnc2-c2cc(N)ccc2Cl)cn1. The molecule has 0 bridgehead atoms. The van der Waals surface area contributed by atoms with E-state index in [0.717, 1.165) is 5.69 Å². The highest BCUT2D eigenvalue weighted by Gasteiger charge is 2.15. The topological polar surface area (TPSA) is 87.4 Å². The molecule has 0 spiro atoms. The Kier molecular flexibility index (Phi) is 2.68. The molecule has 2 N–H and O–H groups in total. The molecule has 8 heteroatoms. The lowest BCUT2D eigenvalue weighted by atomic mass is 10.2. The molecule has 0 radical (unpaired) electrons. The highest BCUT2D eigenvalue weighted by atomic mass is 35.5. The summed E-state index contributed by atoms with van der Waals surface area (Å²) in [5.74, 6) is 0.519. The molecule has 3 rings (SSSR count). The van der Waals surface area contributed by atoms with Crippen LogP contribution >= 0.6 is 11.6 Å². The number of hydrogen-bond donors (Lipinski definition) is 1. The smallest absolute Gasteiger partial charge is 0.188 e. The first-order chi connectivity index (χ1) is 9.15. The van der Waals surface area contributed by atoms with Crippen LogP contribution in [-0.4, -0.2) is 30.0 Å². The standard InChI is InChI=1S/C11H10ClN7/c1-18-6-8(5-14-18)19-11(15-16-17-19)9-4-7(13)2-3-10(9)12/h2-6H,13H2,1H3. The van der Waals surface area contributed by atoms with E-state index >= 15 is 0 Å². The summed E-state index contributed by atoms with van der Waals surface area (Å²) in [5.41, 5.74) is 7.80. The number of aromatic nitrogens is 6. The Morgan fingerprint density at radius 3 is 2.89 bits per heavy atom. The average Bonchev–Trinajstić information content (AvgIpc) is 3.00. The predicted molar refractivity (Wildman–Crippen MR) is 70.8 cm³/mol. The summed E-state index contributed by atoms with van der Waals surface area (Å²) in [6.07, 6.45) is 3.47. The van der Waals surface area contributed by atoms with Gasteiger partial charge in [-0.2, -0.15) is 9.78 Å². The zero-order valence-electron chi connectivity index (χ0n) is 10.0. The number of anilines is 1. The van der Waals surface area contributed by atoms with Crippen LogP contribution in [-0.2, 0) is 7.05 Å². The maximum atomic E-state index is 6.17. The van der Waals surface area contributed by atoms with Gasteiger partial charge in [-0.25, -0.2) is 0 Å². The molecule has 7 nitrogen and oxygen atoms in total. The number of aryl methyl sites for hydroxylation is 1. The van der Waals surface area contributed by atoms with Crippen molar-refractivity contribution >= 4 is 17.3 Å². The molecule has 2 heterocycles. The Morgan fingerprint density at radius 1 is 1.32 bits per heavy atom. The monoisotopic (exact) mass is 275 g/mol. The molecule has 3 aromatic rings. The second kappa shape index (κ2) is 4.36. The summed E-state index contributed by atoms with van der Waals surface area (Å²) in [4.78, 5) is 0. The van der Waals surface area contributed by atoms with E-state index in [1.807, 2.05) is 7.05 Å². The van der Waals surface area contributed by atoms with Crippen molar-refractivity contribution in [3.05, 3.63) is 35.6 Å². The van der Waals surface area contributed by atoms with Crippen LogP contribution in [0.4, 0.5) is 5.69 Å². The van der Waals surface area contributed by atoms with Crippen LogP contribution in [0.2, 0.25) is 5.02 Å². The third-order valence-electron chi connectivity index (χ3n) is 2.64. The van der Waals surface area contributed by atoms with Gasteiger partial charge >= 0.3 is 0 Å². The van der Waals surface area contributed by atoms with Gasteiger partial charge in [-0.15, -0.1) is 5.10 Å². The van der Waals surface area contributed by atoms with E-state index in [0.29, 0.717) is 22.1 Å². The fraction of sp³-hybridized carbons (Fsp3) is 0.0909. The number of nitrogens with zero attached hydrogens (tertiary/aromatic N) is 6. The summed E-state index contributed by atoms with van der Waals surface area (Å²) in [6, 6.07) is 5.18. The summed E-state index contributed by atoms with van der Waals surface area (Å²) in [5, 5.41) is 16.3. The van der Waals surface area contributed by atoms with E-state index < -0.39 is 0 Å². The van der Waals surface area contributed by atoms with E-state index in [4.69, 9.17) is 17.3 Å². The molecule has 0 aliphatic heterocycles. The first-order valence-electron chi connectivity index (χ1n) is 5.48. The maximum Gasteiger partial charge on any atom is 0.188 e. The summed E-state index contributed by atoms with van der Waals surface area (Å²) < 4.78 is 3.23. The number of benzene rings is 1. The van der Waals surface area contributed by atoms with Gasteiger partial charge in [0.1, 0.15) is 5.69 Å². The van der Waals surface area contributed by atoms with Gasteiger partial charge in [0.2, 0.25) is 0 Å². The van der Waals surface area contributed by atoms with Gasteiger partial charge in [-0.1, -0.05) is 11.6 Å². The Morgan fingerprint density at radius 2 is 2.16 bits per heavy atom. The van der Waals surface area contributed by atoms with Gasteiger partial charge in [-0.05, 0) is 28.6 Å². The van der Waals surface area contributed by atoms with Crippen molar-refractivity contribution in [3.8, 4) is 17.1 Å². The number of rotatable bonds is 2.